The van der Waals surface area contributed by atoms with Crippen LogP contribution in [0.3, 0.4) is 0 Å². The van der Waals surface area contributed by atoms with Crippen LogP contribution in [-0.2, 0) is 5.54 Å². The number of methoxy groups -OCH3 is 1. The maximum absolute atomic E-state index is 6.47. The van der Waals surface area contributed by atoms with Gasteiger partial charge in [-0.3, -0.25) is 0 Å². The van der Waals surface area contributed by atoms with Gasteiger partial charge < -0.3 is 19.9 Å². The van der Waals surface area contributed by atoms with Crippen molar-refractivity contribution in [1.29, 1.82) is 0 Å². The van der Waals surface area contributed by atoms with Gasteiger partial charge in [-0.25, -0.2) is 4.99 Å². The molecule has 0 saturated carbocycles. The summed E-state index contributed by atoms with van der Waals surface area (Å²) in [6.07, 6.45) is 0. The van der Waals surface area contributed by atoms with Crippen molar-refractivity contribution in [3.05, 3.63) is 113 Å². The summed E-state index contributed by atoms with van der Waals surface area (Å²) in [5.41, 5.74) is 11.8. The molecule has 4 aromatic carbocycles. The van der Waals surface area contributed by atoms with Crippen molar-refractivity contribution >= 4 is 5.84 Å². The zero-order valence-corrected chi connectivity index (χ0v) is 18.1. The molecule has 33 heavy (non-hydrogen) atoms. The molecule has 2 heterocycles. The highest BCUT2D eigenvalue weighted by molar-refractivity contribution is 6.03. The molecule has 2 aliphatic heterocycles. The Balaban J connectivity index is 1.59. The van der Waals surface area contributed by atoms with E-state index in [2.05, 4.69) is 36.4 Å². The van der Waals surface area contributed by atoms with Gasteiger partial charge in [0, 0.05) is 5.56 Å². The van der Waals surface area contributed by atoms with E-state index in [0.29, 0.717) is 11.6 Å². The van der Waals surface area contributed by atoms with Gasteiger partial charge in [0.1, 0.15) is 17.1 Å². The van der Waals surface area contributed by atoms with E-state index in [4.69, 9.17) is 24.9 Å². The number of fused-ring (bicyclic) bond motifs is 2. The molecule has 162 valence electrons. The molecule has 1 atom stereocenters. The lowest BCUT2D eigenvalue weighted by atomic mass is 9.77. The molecule has 0 aromatic heterocycles. The van der Waals surface area contributed by atoms with Gasteiger partial charge in [-0.1, -0.05) is 60.7 Å². The highest BCUT2D eigenvalue weighted by atomic mass is 16.7. The van der Waals surface area contributed by atoms with Crippen LogP contribution < -0.4 is 19.9 Å². The number of hydrogen-bond donors (Lipinski definition) is 1. The zero-order chi connectivity index (χ0) is 22.4. The Morgan fingerprint density at radius 2 is 1.55 bits per heavy atom. The van der Waals surface area contributed by atoms with Crippen LogP contribution in [-0.4, -0.2) is 19.7 Å². The second kappa shape index (κ2) is 7.41. The standard InChI is InChI=1S/C28H22N2O3/c1-31-22-9-5-7-19(15-22)18-6-4-8-20(14-18)28(21-12-13-25-26(16-21)33-17-32-25)24-11-3-2-10-23(24)27(29)30-28/h2-16H,17H2,1H3,(H2,29,30). The zero-order valence-electron chi connectivity index (χ0n) is 18.1. The molecule has 0 aliphatic carbocycles. The molecular formula is C28H22N2O3. The smallest absolute Gasteiger partial charge is 0.231 e. The molecule has 5 heteroatoms. The monoisotopic (exact) mass is 434 g/mol. The quantitative estimate of drug-likeness (QED) is 0.485. The van der Waals surface area contributed by atoms with Gasteiger partial charge >= 0.3 is 0 Å². The van der Waals surface area contributed by atoms with Crippen LogP contribution in [0.1, 0.15) is 22.3 Å². The van der Waals surface area contributed by atoms with E-state index in [1.165, 1.54) is 0 Å². The van der Waals surface area contributed by atoms with Gasteiger partial charge in [0.25, 0.3) is 0 Å². The summed E-state index contributed by atoms with van der Waals surface area (Å²) in [6, 6.07) is 30.6. The lowest BCUT2D eigenvalue weighted by Crippen LogP contribution is -2.25. The van der Waals surface area contributed by atoms with Crippen LogP contribution in [0.2, 0.25) is 0 Å². The Labute approximate surface area is 192 Å². The van der Waals surface area contributed by atoms with Crippen LogP contribution in [0.5, 0.6) is 17.2 Å². The Hall–Kier alpha value is -4.25. The predicted molar refractivity (Wildman–Crippen MR) is 128 cm³/mol. The van der Waals surface area contributed by atoms with Gasteiger partial charge in [-0.2, -0.15) is 0 Å². The fraction of sp³-hybridized carbons (Fsp3) is 0.107. The molecule has 0 fully saturated rings. The topological polar surface area (TPSA) is 66.1 Å². The molecule has 6 rings (SSSR count). The van der Waals surface area contributed by atoms with Crippen LogP contribution in [0.4, 0.5) is 0 Å². The molecule has 0 saturated heterocycles. The summed E-state index contributed by atoms with van der Waals surface area (Å²) < 4.78 is 16.7. The van der Waals surface area contributed by atoms with Gasteiger partial charge in [0.2, 0.25) is 6.79 Å². The van der Waals surface area contributed by atoms with E-state index in [1.807, 2.05) is 54.6 Å². The third-order valence-corrected chi connectivity index (χ3v) is 6.35. The SMILES string of the molecule is COc1cccc(-c2cccc(C3(c4ccc5c(c4)OCO5)N=C(N)c4ccccc43)c2)c1. The fourth-order valence-electron chi connectivity index (χ4n) is 4.78. The summed E-state index contributed by atoms with van der Waals surface area (Å²) >= 11 is 0. The van der Waals surface area contributed by atoms with E-state index in [1.54, 1.807) is 7.11 Å². The van der Waals surface area contributed by atoms with Crippen molar-refractivity contribution < 1.29 is 14.2 Å². The summed E-state index contributed by atoms with van der Waals surface area (Å²) in [5, 5.41) is 0. The normalized spacial score (nSPS) is 18.0. The van der Waals surface area contributed by atoms with Crippen LogP contribution >= 0.6 is 0 Å². The molecule has 4 aromatic rings. The second-order valence-electron chi connectivity index (χ2n) is 8.13. The minimum Gasteiger partial charge on any atom is -0.497 e. The third-order valence-electron chi connectivity index (χ3n) is 6.35. The molecule has 0 spiro atoms. The Morgan fingerprint density at radius 3 is 2.42 bits per heavy atom. The first-order chi connectivity index (χ1) is 16.2. The third kappa shape index (κ3) is 2.97. The van der Waals surface area contributed by atoms with Crippen molar-refractivity contribution in [2.45, 2.75) is 5.54 Å². The van der Waals surface area contributed by atoms with E-state index >= 15 is 0 Å². The van der Waals surface area contributed by atoms with Gasteiger partial charge in [0.15, 0.2) is 11.5 Å². The molecule has 2 N–H and O–H groups in total. The minimum atomic E-state index is -0.795. The number of ether oxygens (including phenoxy) is 3. The van der Waals surface area contributed by atoms with Crippen molar-refractivity contribution in [2.75, 3.05) is 13.9 Å². The maximum atomic E-state index is 6.47. The molecule has 0 radical (unpaired) electrons. The maximum Gasteiger partial charge on any atom is 0.231 e. The van der Waals surface area contributed by atoms with Crippen molar-refractivity contribution in [2.24, 2.45) is 10.7 Å². The number of rotatable bonds is 4. The molecule has 1 unspecified atom stereocenters. The first-order valence-corrected chi connectivity index (χ1v) is 10.8. The summed E-state index contributed by atoms with van der Waals surface area (Å²) in [4.78, 5) is 5.10. The predicted octanol–water partition coefficient (Wildman–Crippen LogP) is 5.10. The molecule has 2 aliphatic rings. The Morgan fingerprint density at radius 1 is 0.788 bits per heavy atom. The molecular weight excluding hydrogens is 412 g/mol. The number of benzene rings is 4. The van der Waals surface area contributed by atoms with Crippen molar-refractivity contribution in [1.82, 2.24) is 0 Å². The molecule has 0 bridgehead atoms. The lowest BCUT2D eigenvalue weighted by Gasteiger charge is -2.29. The summed E-state index contributed by atoms with van der Waals surface area (Å²) in [6.45, 7) is 0.221. The van der Waals surface area contributed by atoms with E-state index < -0.39 is 5.54 Å². The summed E-state index contributed by atoms with van der Waals surface area (Å²) in [5.74, 6) is 2.79. The molecule has 0 amide bonds. The largest absolute Gasteiger partial charge is 0.497 e. The van der Waals surface area contributed by atoms with Gasteiger partial charge in [0.05, 0.1) is 7.11 Å². The lowest BCUT2D eigenvalue weighted by molar-refractivity contribution is 0.174. The van der Waals surface area contributed by atoms with Crippen LogP contribution in [0, 0.1) is 0 Å². The average molecular weight is 434 g/mol. The number of nitrogens with zero attached hydrogens (tertiary/aromatic N) is 1. The Kier molecular flexibility index (Phi) is 4.37. The first kappa shape index (κ1) is 19.4. The van der Waals surface area contributed by atoms with Crippen LogP contribution in [0.25, 0.3) is 11.1 Å². The second-order valence-corrected chi connectivity index (χ2v) is 8.13. The van der Waals surface area contributed by atoms with Crippen LogP contribution in [0.15, 0.2) is 96.0 Å². The number of amidine groups is 1. The van der Waals surface area contributed by atoms with E-state index in [0.717, 1.165) is 44.9 Å². The van der Waals surface area contributed by atoms with Crippen molar-refractivity contribution in [3.63, 3.8) is 0 Å². The first-order valence-electron chi connectivity index (χ1n) is 10.8. The number of hydrogen-bond acceptors (Lipinski definition) is 5. The van der Waals surface area contributed by atoms with Gasteiger partial charge in [-0.05, 0) is 58.1 Å². The fourth-order valence-corrected chi connectivity index (χ4v) is 4.78. The Bertz CT molecular complexity index is 1410. The molecule has 5 nitrogen and oxygen atoms in total. The minimum absolute atomic E-state index is 0.221. The highest BCUT2D eigenvalue weighted by Gasteiger charge is 2.43. The average Bonchev–Trinajstić information content (AvgIpc) is 3.47. The number of aliphatic imine (C=N–C) groups is 1. The van der Waals surface area contributed by atoms with Gasteiger partial charge in [-0.15, -0.1) is 0 Å². The van der Waals surface area contributed by atoms with E-state index in [-0.39, 0.29) is 6.79 Å². The number of nitrogens with two attached hydrogens (primary N) is 1. The van der Waals surface area contributed by atoms with Crippen molar-refractivity contribution in [3.8, 4) is 28.4 Å². The highest BCUT2D eigenvalue weighted by Crippen LogP contribution is 2.48. The van der Waals surface area contributed by atoms with E-state index in [9.17, 15) is 0 Å². The summed E-state index contributed by atoms with van der Waals surface area (Å²) in [7, 11) is 1.68.